The number of fused-ring (bicyclic) bond motifs is 2. The van der Waals surface area contributed by atoms with E-state index in [1.54, 1.807) is 0 Å². The van der Waals surface area contributed by atoms with Crippen molar-refractivity contribution in [1.29, 1.82) is 0 Å². The van der Waals surface area contributed by atoms with Crippen LogP contribution >= 0.6 is 0 Å². The molecule has 0 N–H and O–H groups in total. The van der Waals surface area contributed by atoms with E-state index >= 15 is 0 Å². The molecule has 16 heavy (non-hydrogen) atoms. The van der Waals surface area contributed by atoms with Crippen molar-refractivity contribution in [2.45, 2.75) is 70.4 Å². The summed E-state index contributed by atoms with van der Waals surface area (Å²) in [6.45, 7) is 8.61. The van der Waals surface area contributed by atoms with Crippen molar-refractivity contribution in [3.63, 3.8) is 0 Å². The first-order chi connectivity index (χ1) is 7.39. The van der Waals surface area contributed by atoms with Gasteiger partial charge >= 0.3 is 7.12 Å². The van der Waals surface area contributed by atoms with Gasteiger partial charge in [-0.25, -0.2) is 0 Å². The lowest BCUT2D eigenvalue weighted by atomic mass is 9.64. The molecule has 1 heterocycles. The zero-order valence-electron chi connectivity index (χ0n) is 11.0. The molecule has 0 aromatic rings. The summed E-state index contributed by atoms with van der Waals surface area (Å²) in [5.41, 5.74) is -0.307. The lowest BCUT2D eigenvalue weighted by molar-refractivity contribution is 0.00578. The van der Waals surface area contributed by atoms with E-state index in [1.807, 2.05) is 0 Å². The van der Waals surface area contributed by atoms with Crippen molar-refractivity contribution in [1.82, 2.24) is 0 Å². The van der Waals surface area contributed by atoms with Crippen LogP contribution in [0.1, 0.15) is 53.4 Å². The van der Waals surface area contributed by atoms with Gasteiger partial charge in [-0.15, -0.1) is 0 Å². The third kappa shape index (κ3) is 1.47. The highest BCUT2D eigenvalue weighted by Crippen LogP contribution is 2.55. The van der Waals surface area contributed by atoms with E-state index in [-0.39, 0.29) is 18.3 Å². The Hall–Kier alpha value is -0.0151. The van der Waals surface area contributed by atoms with E-state index in [2.05, 4.69) is 27.7 Å². The zero-order chi connectivity index (χ0) is 11.6. The van der Waals surface area contributed by atoms with Gasteiger partial charge in [0.05, 0.1) is 11.2 Å². The summed E-state index contributed by atoms with van der Waals surface area (Å²) in [7, 11) is 0.0558. The third-order valence-electron chi connectivity index (χ3n) is 5.41. The Bertz CT molecular complexity index is 284. The molecule has 3 aliphatic rings. The Kier molecular flexibility index (Phi) is 2.26. The Morgan fingerprint density at radius 1 is 0.938 bits per heavy atom. The van der Waals surface area contributed by atoms with Gasteiger partial charge in [0.15, 0.2) is 0 Å². The molecule has 1 aliphatic heterocycles. The lowest BCUT2D eigenvalue weighted by Gasteiger charge is -2.32. The largest absolute Gasteiger partial charge is 0.461 e. The van der Waals surface area contributed by atoms with Gasteiger partial charge in [-0.3, -0.25) is 0 Å². The molecule has 3 rings (SSSR count). The first kappa shape index (κ1) is 11.1. The standard InChI is InChI=1S/C13H23BO2/c1-12(2)13(3,4)16-14(15-12)11-8-9-5-6-10(11)7-9/h9-11H,5-8H2,1-4H3/t9-,10+,11?/m0/s1. The van der Waals surface area contributed by atoms with Crippen LogP contribution < -0.4 is 0 Å². The second-order valence-electron chi connectivity index (χ2n) is 6.96. The van der Waals surface area contributed by atoms with E-state index in [4.69, 9.17) is 9.31 Å². The average molecular weight is 222 g/mol. The van der Waals surface area contributed by atoms with Gasteiger partial charge in [0.25, 0.3) is 0 Å². The maximum Gasteiger partial charge on any atom is 0.461 e. The van der Waals surface area contributed by atoms with Crippen molar-refractivity contribution in [3.8, 4) is 0 Å². The van der Waals surface area contributed by atoms with E-state index in [1.165, 1.54) is 25.7 Å². The smallest absolute Gasteiger partial charge is 0.403 e. The lowest BCUT2D eigenvalue weighted by Crippen LogP contribution is -2.41. The van der Waals surface area contributed by atoms with Gasteiger partial charge in [0.2, 0.25) is 0 Å². The Balaban J connectivity index is 1.74. The average Bonchev–Trinajstić information content (AvgIpc) is 2.79. The summed E-state index contributed by atoms with van der Waals surface area (Å²) in [4.78, 5) is 0. The van der Waals surface area contributed by atoms with Crippen LogP contribution in [0.25, 0.3) is 0 Å². The van der Waals surface area contributed by atoms with Gasteiger partial charge in [0.1, 0.15) is 0 Å². The topological polar surface area (TPSA) is 18.5 Å². The highest BCUT2D eigenvalue weighted by Gasteiger charge is 2.57. The Morgan fingerprint density at radius 3 is 2.00 bits per heavy atom. The minimum atomic E-state index is -0.153. The molecule has 0 aromatic heterocycles. The molecular formula is C13H23BO2. The molecule has 2 saturated carbocycles. The maximum atomic E-state index is 6.18. The fraction of sp³-hybridized carbons (Fsp3) is 1.00. The fourth-order valence-corrected chi connectivity index (χ4v) is 3.69. The molecule has 3 atom stereocenters. The molecule has 2 bridgehead atoms. The van der Waals surface area contributed by atoms with Crippen LogP contribution in [-0.4, -0.2) is 18.3 Å². The van der Waals surface area contributed by atoms with Crippen molar-refractivity contribution in [3.05, 3.63) is 0 Å². The molecule has 0 spiro atoms. The number of hydrogen-bond donors (Lipinski definition) is 0. The third-order valence-corrected chi connectivity index (χ3v) is 5.41. The molecule has 1 saturated heterocycles. The van der Waals surface area contributed by atoms with Crippen molar-refractivity contribution < 1.29 is 9.31 Å². The second kappa shape index (κ2) is 3.26. The first-order valence-corrected chi connectivity index (χ1v) is 6.75. The molecule has 3 fully saturated rings. The minimum Gasteiger partial charge on any atom is -0.403 e. The van der Waals surface area contributed by atoms with Crippen LogP contribution in [0, 0.1) is 11.8 Å². The molecule has 2 nitrogen and oxygen atoms in total. The highest BCUT2D eigenvalue weighted by atomic mass is 16.7. The summed E-state index contributed by atoms with van der Waals surface area (Å²) in [5, 5.41) is 0. The molecule has 0 radical (unpaired) electrons. The molecule has 1 unspecified atom stereocenters. The second-order valence-corrected chi connectivity index (χ2v) is 6.96. The van der Waals surface area contributed by atoms with Crippen molar-refractivity contribution in [2.24, 2.45) is 11.8 Å². The molecular weight excluding hydrogens is 199 g/mol. The summed E-state index contributed by atoms with van der Waals surface area (Å²) in [6, 6.07) is 0. The quantitative estimate of drug-likeness (QED) is 0.634. The van der Waals surface area contributed by atoms with Crippen LogP contribution in [0.15, 0.2) is 0 Å². The van der Waals surface area contributed by atoms with E-state index in [0.29, 0.717) is 5.82 Å². The summed E-state index contributed by atoms with van der Waals surface area (Å²) in [5.74, 6) is 2.51. The van der Waals surface area contributed by atoms with E-state index in [0.717, 1.165) is 11.8 Å². The van der Waals surface area contributed by atoms with Crippen LogP contribution in [0.5, 0.6) is 0 Å². The van der Waals surface area contributed by atoms with Gasteiger partial charge in [-0.05, 0) is 58.2 Å². The summed E-state index contributed by atoms with van der Waals surface area (Å²) < 4.78 is 12.4. The van der Waals surface area contributed by atoms with Crippen LogP contribution in [0.3, 0.4) is 0 Å². The zero-order valence-corrected chi connectivity index (χ0v) is 11.0. The van der Waals surface area contributed by atoms with Gasteiger partial charge in [0, 0.05) is 0 Å². The normalized spacial score (nSPS) is 44.2. The molecule has 90 valence electrons. The Morgan fingerprint density at radius 2 is 1.56 bits per heavy atom. The predicted octanol–water partition coefficient (Wildman–Crippen LogP) is 3.27. The van der Waals surface area contributed by atoms with Crippen molar-refractivity contribution >= 4 is 7.12 Å². The number of rotatable bonds is 1. The van der Waals surface area contributed by atoms with Gasteiger partial charge in [-0.2, -0.15) is 0 Å². The predicted molar refractivity (Wildman–Crippen MR) is 65.3 cm³/mol. The van der Waals surface area contributed by atoms with Gasteiger partial charge in [-0.1, -0.05) is 12.8 Å². The molecule has 3 heteroatoms. The number of hydrogen-bond acceptors (Lipinski definition) is 2. The van der Waals surface area contributed by atoms with Gasteiger partial charge < -0.3 is 9.31 Å². The molecule has 2 aliphatic carbocycles. The maximum absolute atomic E-state index is 6.18. The minimum absolute atomic E-state index is 0.0558. The van der Waals surface area contributed by atoms with E-state index < -0.39 is 0 Å². The van der Waals surface area contributed by atoms with Crippen LogP contribution in [0.4, 0.5) is 0 Å². The monoisotopic (exact) mass is 222 g/mol. The summed E-state index contributed by atoms with van der Waals surface area (Å²) >= 11 is 0. The molecule has 0 aromatic carbocycles. The van der Waals surface area contributed by atoms with Crippen LogP contribution in [-0.2, 0) is 9.31 Å². The van der Waals surface area contributed by atoms with Crippen molar-refractivity contribution in [2.75, 3.05) is 0 Å². The summed E-state index contributed by atoms with van der Waals surface area (Å²) in [6.07, 6.45) is 5.61. The SMILES string of the molecule is CC1(C)OB(C2C[C@H]3CC[C@@H]2C3)OC1(C)C. The first-order valence-electron chi connectivity index (χ1n) is 6.75. The van der Waals surface area contributed by atoms with Crippen LogP contribution in [0.2, 0.25) is 5.82 Å². The fourth-order valence-electron chi connectivity index (χ4n) is 3.69. The van der Waals surface area contributed by atoms with E-state index in [9.17, 15) is 0 Å². The highest BCUT2D eigenvalue weighted by molar-refractivity contribution is 6.47. The Labute approximate surface area is 99.2 Å². The molecule has 0 amide bonds.